The van der Waals surface area contributed by atoms with Crippen molar-refractivity contribution in [2.45, 2.75) is 97.7 Å². The van der Waals surface area contributed by atoms with Gasteiger partial charge in [-0.05, 0) is 78.9 Å². The average Bonchev–Trinajstić information content (AvgIpc) is 2.92. The van der Waals surface area contributed by atoms with Gasteiger partial charge in [0.1, 0.15) is 18.1 Å². The van der Waals surface area contributed by atoms with Gasteiger partial charge in [0.2, 0.25) is 0 Å². The Bertz CT molecular complexity index is 1070. The highest BCUT2D eigenvalue weighted by atomic mass is 16.5. The van der Waals surface area contributed by atoms with Gasteiger partial charge in [0.25, 0.3) is 0 Å². The third-order valence-corrected chi connectivity index (χ3v) is 6.67. The molecule has 0 amide bonds. The zero-order chi connectivity index (χ0) is 26.3. The molecule has 0 aliphatic carbocycles. The summed E-state index contributed by atoms with van der Waals surface area (Å²) in [6.07, 6.45) is 11.8. The van der Waals surface area contributed by atoms with E-state index in [9.17, 15) is 4.79 Å². The number of hydrogen-bond donors (Lipinski definition) is 0. The molecule has 0 aromatic heterocycles. The molecule has 1 atom stereocenters. The summed E-state index contributed by atoms with van der Waals surface area (Å²) in [6, 6.07) is 19.8. The minimum atomic E-state index is -0.259. The first-order valence-corrected chi connectivity index (χ1v) is 14.2. The second-order valence-electron chi connectivity index (χ2n) is 9.98. The molecule has 200 valence electrons. The molecule has 3 aromatic rings. The van der Waals surface area contributed by atoms with Crippen LogP contribution in [0.15, 0.2) is 60.7 Å². The number of unbranched alkanes of at least 4 members (excludes halogenated alkanes) is 7. The number of fused-ring (bicyclic) bond motifs is 1. The molecule has 0 heterocycles. The van der Waals surface area contributed by atoms with E-state index in [-0.39, 0.29) is 12.1 Å². The third-order valence-electron chi connectivity index (χ3n) is 6.67. The Hall–Kier alpha value is -3.01. The van der Waals surface area contributed by atoms with Crippen LogP contribution in [0.3, 0.4) is 0 Å². The highest BCUT2D eigenvalue weighted by Crippen LogP contribution is 2.26. The summed E-state index contributed by atoms with van der Waals surface area (Å²) in [7, 11) is 0. The Morgan fingerprint density at radius 2 is 1.30 bits per heavy atom. The van der Waals surface area contributed by atoms with Crippen LogP contribution in [0.2, 0.25) is 0 Å². The van der Waals surface area contributed by atoms with Gasteiger partial charge < -0.3 is 14.2 Å². The van der Waals surface area contributed by atoms with Gasteiger partial charge in [0, 0.05) is 0 Å². The quantitative estimate of drug-likeness (QED) is 0.136. The molecule has 0 saturated heterocycles. The van der Waals surface area contributed by atoms with Gasteiger partial charge in [-0.2, -0.15) is 0 Å². The van der Waals surface area contributed by atoms with Crippen molar-refractivity contribution in [3.8, 4) is 11.5 Å². The van der Waals surface area contributed by atoms with Crippen molar-refractivity contribution in [3.63, 3.8) is 0 Å². The number of benzene rings is 3. The van der Waals surface area contributed by atoms with Crippen molar-refractivity contribution in [2.75, 3.05) is 6.61 Å². The first-order valence-electron chi connectivity index (χ1n) is 14.2. The van der Waals surface area contributed by atoms with E-state index in [4.69, 9.17) is 14.2 Å². The van der Waals surface area contributed by atoms with Crippen LogP contribution in [0.1, 0.15) is 101 Å². The summed E-state index contributed by atoms with van der Waals surface area (Å²) in [5.41, 5.74) is 1.58. The van der Waals surface area contributed by atoms with E-state index in [1.54, 1.807) is 0 Å². The summed E-state index contributed by atoms with van der Waals surface area (Å²) in [5, 5.41) is 2.26. The van der Waals surface area contributed by atoms with Crippen LogP contribution >= 0.6 is 0 Å². The Morgan fingerprint density at radius 3 is 1.95 bits per heavy atom. The molecule has 4 heteroatoms. The van der Waals surface area contributed by atoms with Gasteiger partial charge >= 0.3 is 5.97 Å². The summed E-state index contributed by atoms with van der Waals surface area (Å²) >= 11 is 0. The smallest absolute Gasteiger partial charge is 0.338 e. The fraction of sp³-hybridized carbons (Fsp3) is 0.485. The second-order valence-corrected chi connectivity index (χ2v) is 9.98. The van der Waals surface area contributed by atoms with Crippen molar-refractivity contribution in [1.82, 2.24) is 0 Å². The molecule has 0 saturated carbocycles. The Morgan fingerprint density at radius 1 is 0.703 bits per heavy atom. The van der Waals surface area contributed by atoms with E-state index in [0.717, 1.165) is 53.7 Å². The van der Waals surface area contributed by atoms with Crippen molar-refractivity contribution in [2.24, 2.45) is 0 Å². The largest absolute Gasteiger partial charge is 0.494 e. The fourth-order valence-corrected chi connectivity index (χ4v) is 4.35. The maximum Gasteiger partial charge on any atom is 0.338 e. The topological polar surface area (TPSA) is 44.8 Å². The van der Waals surface area contributed by atoms with Gasteiger partial charge in [-0.25, -0.2) is 4.79 Å². The highest BCUT2D eigenvalue weighted by Gasteiger charge is 2.12. The molecular formula is C33H44O4. The number of ether oxygens (including phenoxy) is 3. The molecule has 0 aliphatic rings. The number of carbonyl (C=O) groups excluding carboxylic acids is 1. The van der Waals surface area contributed by atoms with Crippen LogP contribution in [0.4, 0.5) is 0 Å². The van der Waals surface area contributed by atoms with E-state index in [1.807, 2.05) is 43.3 Å². The predicted molar refractivity (Wildman–Crippen MR) is 153 cm³/mol. The van der Waals surface area contributed by atoms with Gasteiger partial charge in [-0.3, -0.25) is 0 Å². The molecular weight excluding hydrogens is 460 g/mol. The van der Waals surface area contributed by atoms with Crippen LogP contribution < -0.4 is 9.47 Å². The van der Waals surface area contributed by atoms with E-state index in [2.05, 4.69) is 38.1 Å². The highest BCUT2D eigenvalue weighted by molar-refractivity contribution is 5.89. The van der Waals surface area contributed by atoms with E-state index < -0.39 is 0 Å². The lowest BCUT2D eigenvalue weighted by molar-refractivity contribution is 0.0319. The van der Waals surface area contributed by atoms with Gasteiger partial charge in [-0.15, -0.1) is 0 Å². The molecule has 0 aliphatic heterocycles. The lowest BCUT2D eigenvalue weighted by atomic mass is 10.1. The monoisotopic (exact) mass is 504 g/mol. The van der Waals surface area contributed by atoms with Crippen molar-refractivity contribution in [1.29, 1.82) is 0 Å². The summed E-state index contributed by atoms with van der Waals surface area (Å²) in [4.78, 5) is 12.4. The lowest BCUT2D eigenvalue weighted by Gasteiger charge is -2.13. The average molecular weight is 505 g/mol. The van der Waals surface area contributed by atoms with E-state index in [1.165, 1.54) is 44.9 Å². The molecule has 3 aromatic carbocycles. The summed E-state index contributed by atoms with van der Waals surface area (Å²) in [6.45, 7) is 7.61. The van der Waals surface area contributed by atoms with Crippen molar-refractivity contribution < 1.29 is 19.0 Å². The number of rotatable bonds is 17. The summed E-state index contributed by atoms with van der Waals surface area (Å²) < 4.78 is 17.6. The van der Waals surface area contributed by atoms with Crippen LogP contribution in [0.5, 0.6) is 11.5 Å². The molecule has 0 bridgehead atoms. The molecule has 0 radical (unpaired) electrons. The first-order chi connectivity index (χ1) is 18.1. The first kappa shape index (κ1) is 28.6. The predicted octanol–water partition coefficient (Wildman–Crippen LogP) is 9.28. The van der Waals surface area contributed by atoms with Crippen LogP contribution in [0.25, 0.3) is 10.8 Å². The Labute approximate surface area is 223 Å². The zero-order valence-electron chi connectivity index (χ0n) is 23.0. The molecule has 37 heavy (non-hydrogen) atoms. The minimum absolute atomic E-state index is 0.0570. The van der Waals surface area contributed by atoms with Crippen molar-refractivity contribution >= 4 is 16.7 Å². The van der Waals surface area contributed by atoms with Crippen LogP contribution in [0, 0.1) is 0 Å². The Kier molecular flexibility index (Phi) is 12.3. The van der Waals surface area contributed by atoms with Gasteiger partial charge in [0.15, 0.2) is 0 Å². The lowest BCUT2D eigenvalue weighted by Crippen LogP contribution is -2.15. The standard InChI is InChI=1S/C33H44O4/c1-4-6-8-10-12-22-35-31-20-18-30-24-32(21-19-29(30)23-31)36-25-27-14-16-28(17-15-27)33(34)37-26(3)13-11-9-7-5-2/h14-21,23-24,26H,4-13,22,25H2,1-3H3/t26-/m1/s1. The number of esters is 1. The van der Waals surface area contributed by atoms with Crippen molar-refractivity contribution in [3.05, 3.63) is 71.8 Å². The molecule has 4 nitrogen and oxygen atoms in total. The third kappa shape index (κ3) is 10.1. The van der Waals surface area contributed by atoms with Crippen LogP contribution in [-0.4, -0.2) is 18.7 Å². The zero-order valence-corrected chi connectivity index (χ0v) is 23.0. The molecule has 0 unspecified atom stereocenters. The van der Waals surface area contributed by atoms with E-state index in [0.29, 0.717) is 12.2 Å². The SMILES string of the molecule is CCCCCCCOc1ccc2cc(OCc3ccc(C(=O)O[C@H](C)CCCCCC)cc3)ccc2c1. The molecule has 0 spiro atoms. The Balaban J connectivity index is 1.45. The minimum Gasteiger partial charge on any atom is -0.494 e. The van der Waals surface area contributed by atoms with E-state index >= 15 is 0 Å². The molecule has 0 N–H and O–H groups in total. The fourth-order valence-electron chi connectivity index (χ4n) is 4.35. The maximum absolute atomic E-state index is 12.4. The molecule has 3 rings (SSSR count). The van der Waals surface area contributed by atoms with Crippen LogP contribution in [-0.2, 0) is 11.3 Å². The number of hydrogen-bond acceptors (Lipinski definition) is 4. The van der Waals surface area contributed by atoms with Gasteiger partial charge in [0.05, 0.1) is 18.3 Å². The maximum atomic E-state index is 12.4. The van der Waals surface area contributed by atoms with Gasteiger partial charge in [-0.1, -0.05) is 83.1 Å². The second kappa shape index (κ2) is 16.0. The number of carbonyl (C=O) groups is 1. The molecule has 0 fully saturated rings. The normalized spacial score (nSPS) is 11.9. The summed E-state index contributed by atoms with van der Waals surface area (Å²) in [5.74, 6) is 1.48.